The molecule has 0 aliphatic heterocycles. The number of halogens is 1. The molecule has 0 amide bonds. The third-order valence-corrected chi connectivity index (χ3v) is 19.8. The normalized spacial score (nSPS) is 11.2. The van der Waals surface area contributed by atoms with E-state index in [1.165, 1.54) is 129 Å². The van der Waals surface area contributed by atoms with Crippen LogP contribution in [-0.2, 0) is 0 Å². The van der Waals surface area contributed by atoms with Gasteiger partial charge in [-0.05, 0) is 197 Å². The lowest BCUT2D eigenvalue weighted by Crippen LogP contribution is -1.99. The fourth-order valence-electron chi connectivity index (χ4n) is 12.4. The molecule has 2 aromatic heterocycles. The van der Waals surface area contributed by atoms with E-state index < -0.39 is 0 Å². The van der Waals surface area contributed by atoms with E-state index in [9.17, 15) is 5.02 Å². The van der Waals surface area contributed by atoms with Gasteiger partial charge in [0.2, 0.25) is 0 Å². The molecule has 0 unspecified atom stereocenters. The van der Waals surface area contributed by atoms with Crippen LogP contribution < -0.4 is 4.65 Å². The highest BCUT2D eigenvalue weighted by Gasteiger charge is 2.19. The molecule has 0 aliphatic carbocycles. The molecule has 425 valence electrons. The van der Waals surface area contributed by atoms with Gasteiger partial charge in [0, 0.05) is 55.9 Å². The van der Waals surface area contributed by atoms with Crippen molar-refractivity contribution < 1.29 is 9.68 Å². The predicted octanol–water partition coefficient (Wildman–Crippen LogP) is 24.4. The second-order valence-electron chi connectivity index (χ2n) is 22.5. The molecular formula is C84H55BBrO2S2. The molecule has 0 saturated carbocycles. The van der Waals surface area contributed by atoms with Crippen molar-refractivity contribution >= 4 is 86.6 Å². The molecular weight excluding hydrogens is 1200 g/mol. The van der Waals surface area contributed by atoms with E-state index in [-0.39, 0.29) is 0 Å². The predicted molar refractivity (Wildman–Crippen MR) is 389 cm³/mol. The Bertz CT molecular complexity index is 5270. The Kier molecular flexibility index (Phi) is 15.7. The number of hydrogen-bond acceptors (Lipinski definition) is 4. The minimum atomic E-state index is 0.589. The van der Waals surface area contributed by atoms with E-state index in [1.54, 1.807) is 0 Å². The van der Waals surface area contributed by atoms with Gasteiger partial charge in [-0.1, -0.05) is 246 Å². The van der Waals surface area contributed by atoms with Gasteiger partial charge in [0.15, 0.2) is 0 Å². The molecule has 0 saturated heterocycles. The molecule has 14 aromatic carbocycles. The minimum Gasteiger partial charge on any atom is -0.537 e. The summed E-state index contributed by atoms with van der Waals surface area (Å²) < 4.78 is 11.5. The van der Waals surface area contributed by atoms with Gasteiger partial charge in [0.1, 0.15) is 5.75 Å². The molecule has 6 heteroatoms. The SMILES string of the molecule is Brc1cccc(-c2cc(-c3cccc(-c4ccccc4)c3)cc3c2sc2ccc(-c4cccc(-c5ccccc5)c4)cc23)c1.O[B]Oc1cccc(-c2cc(-c3cccc(-c4ccccc4)c3)cc3c2sc2ccc(-c4cccc(-c5ccccc5)c4)cc23)c1. The van der Waals surface area contributed by atoms with Crippen LogP contribution in [0.5, 0.6) is 5.75 Å². The standard InChI is InChI=1S/C42H28BO2S.C42H27BrS/c44-43-45-37-19-9-18-35(24-37)38-26-36(33-17-8-15-31(23-33)29-12-5-2-6-13-29)27-40-39-25-34(20-21-41(39)46-42(38)40)32-16-7-14-30(22-32)28-10-3-1-4-11-28;43-37-19-9-18-35(24-37)38-26-36(33-17-8-15-31(23-33)29-12-5-2-6-13-29)27-40-39-25-34(20-21-41(39)44-42(38)40)32-16-7-14-30(22-32)28-10-3-1-4-11-28/h1-27,44H;1-27H. The lowest BCUT2D eigenvalue weighted by Gasteiger charge is -2.12. The van der Waals surface area contributed by atoms with Crippen molar-refractivity contribution in [3.8, 4) is 117 Å². The van der Waals surface area contributed by atoms with Crippen LogP contribution in [0.1, 0.15) is 0 Å². The van der Waals surface area contributed by atoms with E-state index in [4.69, 9.17) is 4.65 Å². The van der Waals surface area contributed by atoms with Gasteiger partial charge in [-0.25, -0.2) is 0 Å². The molecule has 1 radical (unpaired) electrons. The van der Waals surface area contributed by atoms with Crippen LogP contribution in [0, 0.1) is 0 Å². The molecule has 0 spiro atoms. The number of fused-ring (bicyclic) bond motifs is 6. The number of rotatable bonds is 12. The van der Waals surface area contributed by atoms with Gasteiger partial charge < -0.3 is 9.68 Å². The summed E-state index contributed by atoms with van der Waals surface area (Å²) in [5.74, 6) is 0.589. The molecule has 2 nitrogen and oxygen atoms in total. The van der Waals surface area contributed by atoms with E-state index in [1.807, 2.05) is 46.9 Å². The van der Waals surface area contributed by atoms with Crippen LogP contribution >= 0.6 is 38.6 Å². The Hall–Kier alpha value is -10.2. The van der Waals surface area contributed by atoms with Crippen LogP contribution in [-0.4, -0.2) is 12.7 Å². The zero-order chi connectivity index (χ0) is 60.3. The molecule has 0 fully saturated rings. The van der Waals surface area contributed by atoms with Gasteiger partial charge in [-0.2, -0.15) is 0 Å². The highest BCUT2D eigenvalue weighted by Crippen LogP contribution is 2.47. The van der Waals surface area contributed by atoms with Crippen LogP contribution in [0.4, 0.5) is 0 Å². The number of benzene rings is 14. The Morgan fingerprint density at radius 2 is 0.544 bits per heavy atom. The van der Waals surface area contributed by atoms with E-state index in [0.717, 1.165) is 34.4 Å². The van der Waals surface area contributed by atoms with Crippen LogP contribution in [0.25, 0.3) is 152 Å². The van der Waals surface area contributed by atoms with E-state index >= 15 is 0 Å². The molecule has 0 atom stereocenters. The van der Waals surface area contributed by atoms with Crippen molar-refractivity contribution in [2.75, 3.05) is 0 Å². The minimum absolute atomic E-state index is 0.589. The van der Waals surface area contributed by atoms with Gasteiger partial charge in [-0.15, -0.1) is 22.7 Å². The zero-order valence-corrected chi connectivity index (χ0v) is 52.0. The van der Waals surface area contributed by atoms with Crippen molar-refractivity contribution in [1.82, 2.24) is 0 Å². The summed E-state index contributed by atoms with van der Waals surface area (Å²) >= 11 is 7.41. The Morgan fingerprint density at radius 3 is 0.922 bits per heavy atom. The first kappa shape index (κ1) is 56.3. The maximum atomic E-state index is 9.32. The smallest absolute Gasteiger partial charge is 0.537 e. The largest absolute Gasteiger partial charge is 0.569 e. The third kappa shape index (κ3) is 11.6. The molecule has 2 heterocycles. The van der Waals surface area contributed by atoms with Crippen molar-refractivity contribution in [2.45, 2.75) is 0 Å². The van der Waals surface area contributed by atoms with Crippen LogP contribution in [0.3, 0.4) is 0 Å². The van der Waals surface area contributed by atoms with Crippen LogP contribution in [0.2, 0.25) is 0 Å². The summed E-state index contributed by atoms with van der Waals surface area (Å²) in [6.45, 7) is 0. The molecule has 90 heavy (non-hydrogen) atoms. The Morgan fingerprint density at radius 1 is 0.244 bits per heavy atom. The summed E-state index contributed by atoms with van der Waals surface area (Å²) in [7, 11) is 0.730. The summed E-state index contributed by atoms with van der Waals surface area (Å²) in [4.78, 5) is 0. The molecule has 0 bridgehead atoms. The Labute approximate surface area is 541 Å². The maximum absolute atomic E-state index is 9.32. The topological polar surface area (TPSA) is 29.5 Å². The first-order valence-electron chi connectivity index (χ1n) is 30.1. The quantitative estimate of drug-likeness (QED) is 0.124. The average Bonchev–Trinajstić information content (AvgIpc) is 1.65. The lowest BCUT2D eigenvalue weighted by molar-refractivity contribution is 0.454. The fraction of sp³-hybridized carbons (Fsp3) is 0. The average molecular weight is 1250 g/mol. The monoisotopic (exact) mass is 1250 g/mol. The Balaban J connectivity index is 0.000000150. The van der Waals surface area contributed by atoms with Gasteiger partial charge in [-0.3, -0.25) is 0 Å². The summed E-state index contributed by atoms with van der Waals surface area (Å²) in [6.07, 6.45) is 0. The summed E-state index contributed by atoms with van der Waals surface area (Å²) in [5, 5.41) is 14.4. The molecule has 0 aliphatic rings. The zero-order valence-electron chi connectivity index (χ0n) is 48.8. The first-order valence-corrected chi connectivity index (χ1v) is 32.5. The molecule has 16 aromatic rings. The fourth-order valence-corrected chi connectivity index (χ4v) is 15.2. The summed E-state index contributed by atoms with van der Waals surface area (Å²) in [5.41, 5.74) is 24.0. The lowest BCUT2D eigenvalue weighted by atomic mass is 9.93. The molecule has 16 rings (SSSR count). The maximum Gasteiger partial charge on any atom is 0.569 e. The number of thiophene rings is 2. The van der Waals surface area contributed by atoms with Crippen molar-refractivity contribution in [1.29, 1.82) is 0 Å². The van der Waals surface area contributed by atoms with Crippen molar-refractivity contribution in [2.24, 2.45) is 0 Å². The van der Waals surface area contributed by atoms with Gasteiger partial charge in [0.25, 0.3) is 0 Å². The van der Waals surface area contributed by atoms with Gasteiger partial charge >= 0.3 is 7.69 Å². The third-order valence-electron chi connectivity index (χ3n) is 16.8. The highest BCUT2D eigenvalue weighted by molar-refractivity contribution is 9.10. The second kappa shape index (κ2) is 25.1. The van der Waals surface area contributed by atoms with Crippen LogP contribution in [0.15, 0.2) is 332 Å². The van der Waals surface area contributed by atoms with E-state index in [2.05, 4.69) is 319 Å². The second-order valence-corrected chi connectivity index (χ2v) is 25.5. The molecule has 1 N–H and O–H groups in total. The number of hydrogen-bond donors (Lipinski definition) is 1. The van der Waals surface area contributed by atoms with Gasteiger partial charge in [0.05, 0.1) is 0 Å². The first-order chi connectivity index (χ1) is 44.4. The summed E-state index contributed by atoms with van der Waals surface area (Å²) in [6, 6.07) is 117. The van der Waals surface area contributed by atoms with Crippen molar-refractivity contribution in [3.05, 3.63) is 332 Å². The highest BCUT2D eigenvalue weighted by atomic mass is 79.9. The van der Waals surface area contributed by atoms with Crippen molar-refractivity contribution in [3.63, 3.8) is 0 Å². The van der Waals surface area contributed by atoms with E-state index in [0.29, 0.717) is 5.75 Å².